The van der Waals surface area contributed by atoms with Crippen LogP contribution in [0.15, 0.2) is 35.3 Å². The molecule has 194 valence electrons. The summed E-state index contributed by atoms with van der Waals surface area (Å²) in [5.74, 6) is -1.35. The Hall–Kier alpha value is -2.65. The molecule has 10 heteroatoms. The first-order valence-electron chi connectivity index (χ1n) is 11.0. The van der Waals surface area contributed by atoms with Crippen LogP contribution in [0.2, 0.25) is 5.02 Å². The van der Waals surface area contributed by atoms with E-state index in [4.69, 9.17) is 21.1 Å². The van der Waals surface area contributed by atoms with E-state index in [0.717, 1.165) is 10.6 Å². The first-order chi connectivity index (χ1) is 16.0. The molecular weight excluding hydrogens is 484 g/mol. The Morgan fingerprint density at radius 1 is 1.09 bits per heavy atom. The number of carboxylic acids is 1. The molecule has 0 saturated heterocycles. The van der Waals surface area contributed by atoms with Crippen molar-refractivity contribution in [3.05, 3.63) is 45.8 Å². The van der Waals surface area contributed by atoms with Gasteiger partial charge < -0.3 is 19.3 Å². The molecule has 0 aliphatic carbocycles. The highest BCUT2D eigenvalue weighted by atomic mass is 35.5. The number of carbonyl (C=O) groups is 1. The first kappa shape index (κ1) is 28.6. The molecule has 1 atom stereocenters. The number of pyridine rings is 1. The number of ether oxygens (including phenoxy) is 3. The summed E-state index contributed by atoms with van der Waals surface area (Å²) in [6.07, 6.45) is 1.27. The van der Waals surface area contributed by atoms with Gasteiger partial charge >= 0.3 is 12.6 Å². The summed E-state index contributed by atoms with van der Waals surface area (Å²) >= 11 is 6.08. The molecule has 0 fully saturated rings. The zero-order valence-corrected chi connectivity index (χ0v) is 21.7. The lowest BCUT2D eigenvalue weighted by Gasteiger charge is -2.43. The molecule has 0 amide bonds. The average Bonchev–Trinajstić information content (AvgIpc) is 2.70. The van der Waals surface area contributed by atoms with Gasteiger partial charge in [-0.2, -0.15) is 8.78 Å². The third kappa shape index (κ3) is 6.32. The predicted octanol–water partition coefficient (Wildman–Crippen LogP) is 5.81. The van der Waals surface area contributed by atoms with Gasteiger partial charge in [0.2, 0.25) is 0 Å². The number of rotatable bonds is 9. The minimum Gasteiger partial charge on any atom is -0.495 e. The van der Waals surface area contributed by atoms with Crippen molar-refractivity contribution in [2.45, 2.75) is 65.7 Å². The van der Waals surface area contributed by atoms with Crippen LogP contribution < -0.4 is 15.0 Å². The van der Waals surface area contributed by atoms with Gasteiger partial charge in [-0.25, -0.2) is 4.79 Å². The number of carboxylic acid groups (broad SMARTS) is 1. The number of methoxy groups -OCH3 is 1. The summed E-state index contributed by atoms with van der Waals surface area (Å²) in [4.78, 5) is 26.2. The molecule has 1 aromatic carbocycles. The van der Waals surface area contributed by atoms with Crippen LogP contribution in [0, 0.1) is 5.41 Å². The highest BCUT2D eigenvalue weighted by Gasteiger charge is 2.51. The summed E-state index contributed by atoms with van der Waals surface area (Å²) in [5, 5.41) is 10.6. The standard InChI is InChI=1S/C25H32ClF2NO6/c1-23(2,3)25(21(31)32,10-11-34-24(4,5)6)29-14-19(33-7)17(13-20(29)30)16-12-15(26)8-9-18(16)35-22(27)28/h8-9,12-14,22H,10-11H2,1-7H3,(H,31,32). The van der Waals surface area contributed by atoms with Crippen LogP contribution in [0.3, 0.4) is 0 Å². The molecule has 1 N–H and O–H groups in total. The van der Waals surface area contributed by atoms with E-state index >= 15 is 0 Å². The number of hydrogen-bond acceptors (Lipinski definition) is 5. The van der Waals surface area contributed by atoms with Crippen molar-refractivity contribution in [3.63, 3.8) is 0 Å². The van der Waals surface area contributed by atoms with Crippen molar-refractivity contribution >= 4 is 17.6 Å². The Bertz CT molecular complexity index is 1120. The SMILES string of the molecule is COc1cn(C(CCOC(C)(C)C)(C(=O)O)C(C)(C)C)c(=O)cc1-c1cc(Cl)ccc1OC(F)F. The predicted molar refractivity (Wildman–Crippen MR) is 130 cm³/mol. The van der Waals surface area contributed by atoms with E-state index in [2.05, 4.69) is 4.74 Å². The fraction of sp³-hybridized carbons (Fsp3) is 0.520. The normalized spacial score (nSPS) is 14.0. The minimum absolute atomic E-state index is 0.0115. The summed E-state index contributed by atoms with van der Waals surface area (Å²) in [5.41, 5.74) is -3.59. The van der Waals surface area contributed by atoms with E-state index in [0.29, 0.717) is 0 Å². The molecule has 1 heterocycles. The molecule has 0 aliphatic heterocycles. The summed E-state index contributed by atoms with van der Waals surface area (Å²) in [6, 6.07) is 5.14. The van der Waals surface area contributed by atoms with Gasteiger partial charge in [-0.05, 0) is 44.4 Å². The van der Waals surface area contributed by atoms with Crippen LogP contribution in [0.4, 0.5) is 8.78 Å². The lowest BCUT2D eigenvalue weighted by atomic mass is 9.71. The zero-order valence-electron chi connectivity index (χ0n) is 20.9. The lowest BCUT2D eigenvalue weighted by Crippen LogP contribution is -2.56. The smallest absolute Gasteiger partial charge is 0.387 e. The Morgan fingerprint density at radius 3 is 2.17 bits per heavy atom. The molecule has 2 rings (SSSR count). The van der Waals surface area contributed by atoms with Crippen molar-refractivity contribution in [3.8, 4) is 22.6 Å². The fourth-order valence-corrected chi connectivity index (χ4v) is 4.16. The van der Waals surface area contributed by atoms with E-state index in [1.54, 1.807) is 20.8 Å². The second-order valence-electron chi connectivity index (χ2n) is 10.1. The van der Waals surface area contributed by atoms with Crippen molar-refractivity contribution < 1.29 is 32.9 Å². The Morgan fingerprint density at radius 2 is 1.69 bits per heavy atom. The van der Waals surface area contributed by atoms with Crippen LogP contribution >= 0.6 is 11.6 Å². The molecule has 1 aromatic heterocycles. The van der Waals surface area contributed by atoms with Crippen LogP contribution in [0.5, 0.6) is 11.5 Å². The number of alkyl halides is 2. The van der Waals surface area contributed by atoms with Gasteiger partial charge in [0.05, 0.1) is 25.5 Å². The van der Waals surface area contributed by atoms with Crippen molar-refractivity contribution in [1.82, 2.24) is 4.57 Å². The lowest BCUT2D eigenvalue weighted by molar-refractivity contribution is -0.157. The largest absolute Gasteiger partial charge is 0.495 e. The molecule has 2 aromatic rings. The van der Waals surface area contributed by atoms with Crippen molar-refractivity contribution in [2.75, 3.05) is 13.7 Å². The van der Waals surface area contributed by atoms with E-state index < -0.39 is 34.7 Å². The van der Waals surface area contributed by atoms with Gasteiger partial charge in [0.25, 0.3) is 5.56 Å². The number of aliphatic carboxylic acids is 1. The quantitative estimate of drug-likeness (QED) is 0.453. The maximum atomic E-state index is 13.4. The van der Waals surface area contributed by atoms with Gasteiger partial charge in [0, 0.05) is 28.6 Å². The molecule has 35 heavy (non-hydrogen) atoms. The van der Waals surface area contributed by atoms with E-state index in [-0.39, 0.29) is 40.7 Å². The number of halogens is 3. The van der Waals surface area contributed by atoms with Crippen molar-refractivity contribution in [2.24, 2.45) is 5.41 Å². The van der Waals surface area contributed by atoms with E-state index in [1.165, 1.54) is 31.5 Å². The Kier molecular flexibility index (Phi) is 8.61. The van der Waals surface area contributed by atoms with E-state index in [9.17, 15) is 23.5 Å². The Labute approximate surface area is 208 Å². The minimum atomic E-state index is -3.11. The van der Waals surface area contributed by atoms with Gasteiger partial charge in [-0.3, -0.25) is 9.36 Å². The summed E-state index contributed by atoms with van der Waals surface area (Å²) < 4.78 is 43.0. The average molecular weight is 516 g/mol. The molecule has 0 radical (unpaired) electrons. The molecule has 7 nitrogen and oxygen atoms in total. The Balaban J connectivity index is 2.78. The topological polar surface area (TPSA) is 87.0 Å². The number of benzene rings is 1. The monoisotopic (exact) mass is 515 g/mol. The van der Waals surface area contributed by atoms with Crippen molar-refractivity contribution in [1.29, 1.82) is 0 Å². The molecule has 0 spiro atoms. The highest BCUT2D eigenvalue weighted by Crippen LogP contribution is 2.43. The van der Waals surface area contributed by atoms with Gasteiger partial charge in [0.1, 0.15) is 11.5 Å². The number of hydrogen-bond donors (Lipinski definition) is 1. The molecule has 0 aliphatic rings. The van der Waals surface area contributed by atoms with Gasteiger partial charge in [0.15, 0.2) is 5.54 Å². The zero-order chi connectivity index (χ0) is 26.8. The van der Waals surface area contributed by atoms with Crippen LogP contribution in [-0.4, -0.2) is 41.6 Å². The summed E-state index contributed by atoms with van der Waals surface area (Å²) in [7, 11) is 1.33. The third-order valence-corrected chi connectivity index (χ3v) is 5.92. The second-order valence-corrected chi connectivity index (χ2v) is 10.5. The first-order valence-corrected chi connectivity index (χ1v) is 11.3. The van der Waals surface area contributed by atoms with Crippen LogP contribution in [0.1, 0.15) is 48.0 Å². The fourth-order valence-electron chi connectivity index (χ4n) is 3.99. The maximum Gasteiger partial charge on any atom is 0.387 e. The van der Waals surface area contributed by atoms with E-state index in [1.807, 2.05) is 20.8 Å². The molecule has 1 unspecified atom stereocenters. The maximum absolute atomic E-state index is 13.4. The molecule has 0 bridgehead atoms. The molecule has 0 saturated carbocycles. The highest BCUT2D eigenvalue weighted by molar-refractivity contribution is 6.31. The number of aromatic nitrogens is 1. The van der Waals surface area contributed by atoms with Crippen LogP contribution in [0.25, 0.3) is 11.1 Å². The van der Waals surface area contributed by atoms with Gasteiger partial charge in [-0.15, -0.1) is 0 Å². The second kappa shape index (κ2) is 10.5. The summed E-state index contributed by atoms with van der Waals surface area (Å²) in [6.45, 7) is 7.67. The molecular formula is C25H32ClF2NO6. The number of nitrogens with zero attached hydrogens (tertiary/aromatic N) is 1. The van der Waals surface area contributed by atoms with Crippen LogP contribution in [-0.2, 0) is 15.1 Å². The third-order valence-electron chi connectivity index (χ3n) is 5.69. The van der Waals surface area contributed by atoms with Gasteiger partial charge in [-0.1, -0.05) is 32.4 Å².